The highest BCUT2D eigenvalue weighted by Gasteiger charge is 2.40. The van der Waals surface area contributed by atoms with Crippen LogP contribution < -0.4 is 5.32 Å². The number of hydrogen-bond acceptors (Lipinski definition) is 4. The third kappa shape index (κ3) is 4.20. The van der Waals surface area contributed by atoms with Crippen LogP contribution in [0.4, 0.5) is 5.69 Å². The Kier molecular flexibility index (Phi) is 5.81. The molecule has 2 amide bonds. The largest absolute Gasteiger partial charge is 0.350 e. The molecule has 4 rings (SSSR count). The van der Waals surface area contributed by atoms with Crippen molar-refractivity contribution in [2.75, 3.05) is 5.32 Å². The maximum Gasteiger partial charge on any atom is 0.278 e. The molecule has 7 heteroatoms. The van der Waals surface area contributed by atoms with Crippen LogP contribution in [0.5, 0.6) is 0 Å². The topological polar surface area (TPSA) is 62.3 Å². The van der Waals surface area contributed by atoms with Crippen LogP contribution in [0.2, 0.25) is 10.0 Å². The van der Waals surface area contributed by atoms with Crippen molar-refractivity contribution in [1.82, 2.24) is 9.88 Å². The second-order valence-corrected chi connectivity index (χ2v) is 8.21. The van der Waals surface area contributed by atoms with Crippen molar-refractivity contribution in [3.8, 4) is 0 Å². The van der Waals surface area contributed by atoms with Crippen molar-refractivity contribution in [3.05, 3.63) is 98.9 Å². The molecule has 3 aromatic rings. The van der Waals surface area contributed by atoms with Crippen LogP contribution in [0, 0.1) is 13.8 Å². The third-order valence-corrected chi connectivity index (χ3v) is 5.65. The molecular formula is C24H19Cl2N3O2. The summed E-state index contributed by atoms with van der Waals surface area (Å²) in [6.45, 7) is 4.07. The van der Waals surface area contributed by atoms with Gasteiger partial charge in [-0.05, 0) is 55.3 Å². The summed E-state index contributed by atoms with van der Waals surface area (Å²) in [5.41, 5.74) is 4.47. The van der Waals surface area contributed by atoms with Crippen molar-refractivity contribution < 1.29 is 9.59 Å². The minimum atomic E-state index is -0.418. The Morgan fingerprint density at radius 3 is 2.35 bits per heavy atom. The van der Waals surface area contributed by atoms with E-state index in [9.17, 15) is 9.59 Å². The number of pyridine rings is 1. The van der Waals surface area contributed by atoms with E-state index in [-0.39, 0.29) is 17.8 Å². The zero-order chi connectivity index (χ0) is 22.1. The van der Waals surface area contributed by atoms with Crippen LogP contribution in [0.15, 0.2) is 66.6 Å². The van der Waals surface area contributed by atoms with Gasteiger partial charge < -0.3 is 5.32 Å². The number of nitrogens with zero attached hydrogens (tertiary/aromatic N) is 2. The first-order valence-electron chi connectivity index (χ1n) is 9.64. The van der Waals surface area contributed by atoms with Gasteiger partial charge in [0.1, 0.15) is 5.70 Å². The molecule has 1 aliphatic rings. The van der Waals surface area contributed by atoms with Gasteiger partial charge in [-0.25, -0.2) is 0 Å². The van der Waals surface area contributed by atoms with Gasteiger partial charge in [0.2, 0.25) is 0 Å². The Hall–Kier alpha value is -3.15. The van der Waals surface area contributed by atoms with Gasteiger partial charge in [-0.15, -0.1) is 0 Å². The Labute approximate surface area is 190 Å². The monoisotopic (exact) mass is 451 g/mol. The Morgan fingerprint density at radius 2 is 1.68 bits per heavy atom. The van der Waals surface area contributed by atoms with E-state index >= 15 is 0 Å². The first-order chi connectivity index (χ1) is 14.8. The molecule has 0 unspecified atom stereocenters. The molecule has 31 heavy (non-hydrogen) atoms. The number of anilines is 1. The van der Waals surface area contributed by atoms with Crippen LogP contribution >= 0.6 is 23.2 Å². The minimum absolute atomic E-state index is 0.132. The predicted molar refractivity (Wildman–Crippen MR) is 123 cm³/mol. The normalized spacial score (nSPS) is 13.9. The standard InChI is InChI=1S/C24H19Cl2N3O2/c1-14-3-6-20(15(2)11-14)28-22-21(18-5-4-17(25)12-19(18)26)23(30)29(24(22)31)13-16-7-9-27-10-8-16/h3-12,28H,13H2,1-2H3. The molecule has 1 aromatic heterocycles. The van der Waals surface area contributed by atoms with Crippen LogP contribution in [0.25, 0.3) is 5.57 Å². The molecule has 2 heterocycles. The lowest BCUT2D eigenvalue weighted by atomic mass is 10.0. The highest BCUT2D eigenvalue weighted by atomic mass is 35.5. The van der Waals surface area contributed by atoms with Crippen LogP contribution in [0.3, 0.4) is 0 Å². The lowest BCUT2D eigenvalue weighted by Crippen LogP contribution is -2.32. The molecule has 0 saturated carbocycles. The number of aryl methyl sites for hydroxylation is 2. The smallest absolute Gasteiger partial charge is 0.278 e. The van der Waals surface area contributed by atoms with Crippen LogP contribution in [-0.4, -0.2) is 21.7 Å². The second-order valence-electron chi connectivity index (χ2n) is 7.37. The van der Waals surface area contributed by atoms with E-state index in [2.05, 4.69) is 10.3 Å². The number of aromatic nitrogens is 1. The molecule has 0 atom stereocenters. The van der Waals surface area contributed by atoms with Gasteiger partial charge in [-0.1, -0.05) is 47.0 Å². The number of benzene rings is 2. The van der Waals surface area contributed by atoms with E-state index in [1.54, 1.807) is 42.7 Å². The lowest BCUT2D eigenvalue weighted by molar-refractivity contribution is -0.137. The Morgan fingerprint density at radius 1 is 0.935 bits per heavy atom. The second kappa shape index (κ2) is 8.53. The van der Waals surface area contributed by atoms with Gasteiger partial charge in [0.15, 0.2) is 0 Å². The van der Waals surface area contributed by atoms with E-state index < -0.39 is 11.8 Å². The maximum atomic E-state index is 13.4. The number of nitrogens with one attached hydrogen (secondary N) is 1. The highest BCUT2D eigenvalue weighted by molar-refractivity contribution is 6.41. The molecule has 0 fully saturated rings. The molecule has 0 spiro atoms. The Bertz CT molecular complexity index is 1220. The molecular weight excluding hydrogens is 433 g/mol. The number of carbonyl (C=O) groups is 2. The number of imide groups is 1. The summed E-state index contributed by atoms with van der Waals surface area (Å²) >= 11 is 12.5. The number of hydrogen-bond donors (Lipinski definition) is 1. The zero-order valence-electron chi connectivity index (χ0n) is 16.9. The molecule has 156 valence electrons. The number of amides is 2. The van der Waals surface area contributed by atoms with E-state index in [1.165, 1.54) is 4.90 Å². The van der Waals surface area contributed by atoms with Gasteiger partial charge in [-0.2, -0.15) is 0 Å². The third-order valence-electron chi connectivity index (χ3n) is 5.10. The lowest BCUT2D eigenvalue weighted by Gasteiger charge is -2.16. The SMILES string of the molecule is Cc1ccc(NC2=C(c3ccc(Cl)cc3Cl)C(=O)N(Cc3ccncc3)C2=O)c(C)c1. The summed E-state index contributed by atoms with van der Waals surface area (Å²) in [4.78, 5) is 32.0. The van der Waals surface area contributed by atoms with Crippen molar-refractivity contribution in [3.63, 3.8) is 0 Å². The Balaban J connectivity index is 1.80. The van der Waals surface area contributed by atoms with Crippen LogP contribution in [-0.2, 0) is 16.1 Å². The van der Waals surface area contributed by atoms with E-state index in [4.69, 9.17) is 23.2 Å². The maximum absolute atomic E-state index is 13.4. The van der Waals surface area contributed by atoms with Crippen molar-refractivity contribution in [2.45, 2.75) is 20.4 Å². The first-order valence-corrected chi connectivity index (χ1v) is 10.4. The summed E-state index contributed by atoms with van der Waals surface area (Å²) in [5.74, 6) is -0.832. The summed E-state index contributed by atoms with van der Waals surface area (Å²) in [6, 6.07) is 14.2. The number of carbonyl (C=O) groups excluding carboxylic acids is 2. The molecule has 1 N–H and O–H groups in total. The summed E-state index contributed by atoms with van der Waals surface area (Å²) in [5, 5.41) is 3.93. The number of halogens is 2. The summed E-state index contributed by atoms with van der Waals surface area (Å²) < 4.78 is 0. The van der Waals surface area contributed by atoms with Crippen molar-refractivity contribution in [2.24, 2.45) is 0 Å². The van der Waals surface area contributed by atoms with E-state index in [1.807, 2.05) is 32.0 Å². The molecule has 1 aliphatic heterocycles. The molecule has 0 bridgehead atoms. The fourth-order valence-electron chi connectivity index (χ4n) is 3.54. The van der Waals surface area contributed by atoms with Crippen molar-refractivity contribution >= 4 is 46.3 Å². The highest BCUT2D eigenvalue weighted by Crippen LogP contribution is 2.36. The van der Waals surface area contributed by atoms with Gasteiger partial charge in [-0.3, -0.25) is 19.5 Å². The first kappa shape index (κ1) is 21.1. The van der Waals surface area contributed by atoms with Gasteiger partial charge >= 0.3 is 0 Å². The molecule has 2 aromatic carbocycles. The fourth-order valence-corrected chi connectivity index (χ4v) is 4.04. The van der Waals surface area contributed by atoms with Gasteiger partial charge in [0.05, 0.1) is 17.1 Å². The quantitative estimate of drug-likeness (QED) is 0.527. The van der Waals surface area contributed by atoms with E-state index in [0.29, 0.717) is 15.6 Å². The average molecular weight is 452 g/mol. The zero-order valence-corrected chi connectivity index (χ0v) is 18.5. The van der Waals surface area contributed by atoms with E-state index in [0.717, 1.165) is 22.4 Å². The minimum Gasteiger partial charge on any atom is -0.350 e. The summed E-state index contributed by atoms with van der Waals surface area (Å²) in [6.07, 6.45) is 3.25. The molecule has 0 aliphatic carbocycles. The fraction of sp³-hybridized carbons (Fsp3) is 0.125. The molecule has 5 nitrogen and oxygen atoms in total. The molecule has 0 radical (unpaired) electrons. The van der Waals surface area contributed by atoms with Crippen molar-refractivity contribution in [1.29, 1.82) is 0 Å². The molecule has 0 saturated heterocycles. The van der Waals surface area contributed by atoms with Gasteiger partial charge in [0, 0.05) is 28.7 Å². The number of rotatable bonds is 5. The predicted octanol–water partition coefficient (Wildman–Crippen LogP) is 5.40. The average Bonchev–Trinajstić information content (AvgIpc) is 2.95. The summed E-state index contributed by atoms with van der Waals surface area (Å²) in [7, 11) is 0. The van der Waals surface area contributed by atoms with Crippen LogP contribution in [0.1, 0.15) is 22.3 Å². The van der Waals surface area contributed by atoms with Gasteiger partial charge in [0.25, 0.3) is 11.8 Å².